The van der Waals surface area contributed by atoms with Crippen LogP contribution in [0.15, 0.2) is 30.3 Å². The highest BCUT2D eigenvalue weighted by Gasteiger charge is 2.74. The quantitative estimate of drug-likeness (QED) is 0.413. The number of carbonyl (C=O) groups is 2. The Morgan fingerprint density at radius 3 is 2.57 bits per heavy atom. The molecule has 1 aromatic carbocycles. The van der Waals surface area contributed by atoms with Gasteiger partial charge in [0.2, 0.25) is 5.91 Å². The van der Waals surface area contributed by atoms with Crippen molar-refractivity contribution in [1.82, 2.24) is 10.2 Å². The number of benzene rings is 1. The van der Waals surface area contributed by atoms with Crippen LogP contribution in [0.25, 0.3) is 0 Å². The standard InChI is InChI=1S/C36H52N2O4/c1-22-18-28-31(38(20-22)32(40)41-21-24-10-8-7-9-11-24)23(2)36(42-28)17-14-26-25-12-13-29-34(5,16-15-30(39)37-29)27(25)19-35(26,6)33(36,3)4/h7-11,22-23,25-29,31H,12-21H2,1-6H3,(H,37,39)/t22-,23+,25-,26-,27-,28+,29+,31-,34+,35-,36+/m0/s1. The molecule has 3 saturated carbocycles. The molecule has 1 N–H and O–H groups in total. The topological polar surface area (TPSA) is 67.9 Å². The molecule has 1 aromatic rings. The van der Waals surface area contributed by atoms with Crippen molar-refractivity contribution in [2.75, 3.05) is 6.54 Å². The molecule has 0 aromatic heterocycles. The normalized spacial score (nSPS) is 47.2. The minimum Gasteiger partial charge on any atom is -0.445 e. The Hall–Kier alpha value is -2.08. The molecule has 6 nitrogen and oxygen atoms in total. The van der Waals surface area contributed by atoms with Gasteiger partial charge in [-0.1, -0.05) is 71.9 Å². The zero-order valence-electron chi connectivity index (χ0n) is 26.7. The van der Waals surface area contributed by atoms with E-state index >= 15 is 0 Å². The fraction of sp³-hybridized carbons (Fsp3) is 0.778. The molecule has 3 aliphatic carbocycles. The molecule has 3 saturated heterocycles. The molecule has 0 bridgehead atoms. The second-order valence-corrected chi connectivity index (χ2v) is 16.2. The second-order valence-electron chi connectivity index (χ2n) is 16.2. The fourth-order valence-corrected chi connectivity index (χ4v) is 11.9. The molecule has 7 rings (SSSR count). The van der Waals surface area contributed by atoms with Crippen LogP contribution in [0.1, 0.15) is 98.5 Å². The molecule has 230 valence electrons. The summed E-state index contributed by atoms with van der Waals surface area (Å²) >= 11 is 0. The van der Waals surface area contributed by atoms with Crippen molar-refractivity contribution in [2.45, 2.75) is 123 Å². The van der Waals surface area contributed by atoms with Gasteiger partial charge in [-0.05, 0) is 90.4 Å². The maximum absolute atomic E-state index is 13.7. The smallest absolute Gasteiger partial charge is 0.410 e. The molecule has 6 aliphatic rings. The van der Waals surface area contributed by atoms with E-state index in [1.165, 1.54) is 19.3 Å². The minimum absolute atomic E-state index is 0.0445. The van der Waals surface area contributed by atoms with Gasteiger partial charge in [0.1, 0.15) is 6.61 Å². The van der Waals surface area contributed by atoms with E-state index in [0.717, 1.165) is 43.7 Å². The molecule has 42 heavy (non-hydrogen) atoms. The number of hydrogen-bond donors (Lipinski definition) is 1. The molecule has 11 atom stereocenters. The Kier molecular flexibility index (Phi) is 6.63. The van der Waals surface area contributed by atoms with Gasteiger partial charge >= 0.3 is 6.09 Å². The SMILES string of the molecule is C[C@H]1C[C@H]2O[C@]3(CC[C@H]4[C@@H]5CC[C@H]6NC(=O)CC[C@]6(C)[C@H]5C[C@]4(C)C3(C)C)[C@H](C)[C@@H]2N(C(=O)OCc2ccccc2)C1. The van der Waals surface area contributed by atoms with Gasteiger partial charge in [0, 0.05) is 24.9 Å². The summed E-state index contributed by atoms with van der Waals surface area (Å²) in [6, 6.07) is 10.3. The second kappa shape index (κ2) is 9.71. The minimum atomic E-state index is -0.274. The number of amides is 2. The van der Waals surface area contributed by atoms with Crippen molar-refractivity contribution in [2.24, 2.45) is 45.8 Å². The van der Waals surface area contributed by atoms with E-state index in [9.17, 15) is 9.59 Å². The largest absolute Gasteiger partial charge is 0.445 e. The van der Waals surface area contributed by atoms with Gasteiger partial charge in [0.25, 0.3) is 0 Å². The number of carbonyl (C=O) groups excluding carboxylic acids is 2. The molecule has 1 spiro atoms. The number of rotatable bonds is 2. The van der Waals surface area contributed by atoms with Gasteiger partial charge in [-0.3, -0.25) is 4.79 Å². The van der Waals surface area contributed by atoms with E-state index < -0.39 is 0 Å². The Bertz CT molecular complexity index is 1230. The molecule has 0 unspecified atom stereocenters. The summed E-state index contributed by atoms with van der Waals surface area (Å²) in [5, 5.41) is 3.40. The fourth-order valence-electron chi connectivity index (χ4n) is 11.9. The molecular formula is C36H52N2O4. The highest BCUT2D eigenvalue weighted by Crippen LogP contribution is 2.75. The number of ether oxygens (including phenoxy) is 2. The Morgan fingerprint density at radius 2 is 1.81 bits per heavy atom. The van der Waals surface area contributed by atoms with Crippen molar-refractivity contribution in [3.63, 3.8) is 0 Å². The van der Waals surface area contributed by atoms with E-state index in [1.54, 1.807) is 0 Å². The van der Waals surface area contributed by atoms with Gasteiger partial charge in [-0.15, -0.1) is 0 Å². The first-order valence-electron chi connectivity index (χ1n) is 16.9. The average molecular weight is 577 g/mol. The third-order valence-corrected chi connectivity index (χ3v) is 14.4. The third-order valence-electron chi connectivity index (χ3n) is 14.4. The zero-order valence-corrected chi connectivity index (χ0v) is 26.7. The summed E-state index contributed by atoms with van der Waals surface area (Å²) < 4.78 is 13.3. The van der Waals surface area contributed by atoms with Crippen LogP contribution in [-0.4, -0.2) is 47.2 Å². The van der Waals surface area contributed by atoms with E-state index in [4.69, 9.17) is 9.47 Å². The van der Waals surface area contributed by atoms with Crippen molar-refractivity contribution in [3.05, 3.63) is 35.9 Å². The lowest BCUT2D eigenvalue weighted by molar-refractivity contribution is -0.218. The lowest BCUT2D eigenvalue weighted by Gasteiger charge is -2.62. The zero-order chi connectivity index (χ0) is 29.7. The summed E-state index contributed by atoms with van der Waals surface area (Å²) in [5.41, 5.74) is 1.02. The molecule has 3 heterocycles. The highest BCUT2D eigenvalue weighted by molar-refractivity contribution is 5.77. The highest BCUT2D eigenvalue weighted by atomic mass is 16.6. The van der Waals surface area contributed by atoms with Gasteiger partial charge in [0.05, 0.1) is 17.7 Å². The Balaban J connectivity index is 1.17. The molecule has 6 heteroatoms. The van der Waals surface area contributed by atoms with E-state index in [0.29, 0.717) is 36.8 Å². The molecule has 3 aliphatic heterocycles. The Morgan fingerprint density at radius 1 is 1.05 bits per heavy atom. The summed E-state index contributed by atoms with van der Waals surface area (Å²) in [6.45, 7) is 15.7. The molecular weight excluding hydrogens is 524 g/mol. The van der Waals surface area contributed by atoms with Crippen LogP contribution in [0, 0.1) is 45.8 Å². The van der Waals surface area contributed by atoms with Crippen LogP contribution in [0.2, 0.25) is 0 Å². The van der Waals surface area contributed by atoms with Gasteiger partial charge in [-0.25, -0.2) is 4.79 Å². The monoisotopic (exact) mass is 576 g/mol. The number of fused-ring (bicyclic) bond motifs is 6. The predicted octanol–water partition coefficient (Wildman–Crippen LogP) is 6.96. The summed E-state index contributed by atoms with van der Waals surface area (Å²) in [6.07, 6.45) is 8.37. The van der Waals surface area contributed by atoms with Crippen molar-refractivity contribution >= 4 is 12.0 Å². The van der Waals surface area contributed by atoms with Crippen LogP contribution in [-0.2, 0) is 20.9 Å². The van der Waals surface area contributed by atoms with Gasteiger partial charge < -0.3 is 19.7 Å². The maximum Gasteiger partial charge on any atom is 0.410 e. The van der Waals surface area contributed by atoms with Crippen LogP contribution < -0.4 is 5.32 Å². The first-order valence-corrected chi connectivity index (χ1v) is 16.9. The Labute approximate surface area is 252 Å². The van der Waals surface area contributed by atoms with Crippen LogP contribution in [0.4, 0.5) is 4.79 Å². The first kappa shape index (κ1) is 28.7. The van der Waals surface area contributed by atoms with Crippen molar-refractivity contribution in [3.8, 4) is 0 Å². The molecule has 2 amide bonds. The molecule has 0 radical (unpaired) electrons. The van der Waals surface area contributed by atoms with Crippen LogP contribution in [0.3, 0.4) is 0 Å². The lowest BCUT2D eigenvalue weighted by atomic mass is 9.46. The van der Waals surface area contributed by atoms with E-state index in [-0.39, 0.29) is 51.9 Å². The van der Waals surface area contributed by atoms with Gasteiger partial charge in [-0.2, -0.15) is 0 Å². The summed E-state index contributed by atoms with van der Waals surface area (Å²) in [4.78, 5) is 28.0. The third kappa shape index (κ3) is 3.85. The lowest BCUT2D eigenvalue weighted by Crippen LogP contribution is -2.62. The number of nitrogens with one attached hydrogen (secondary N) is 1. The van der Waals surface area contributed by atoms with Crippen molar-refractivity contribution < 1.29 is 19.1 Å². The average Bonchev–Trinajstić information content (AvgIpc) is 3.43. The van der Waals surface area contributed by atoms with Crippen LogP contribution >= 0.6 is 0 Å². The van der Waals surface area contributed by atoms with E-state index in [1.807, 2.05) is 35.2 Å². The maximum atomic E-state index is 13.7. The number of piperidine rings is 2. The summed E-state index contributed by atoms with van der Waals surface area (Å²) in [7, 11) is 0. The summed E-state index contributed by atoms with van der Waals surface area (Å²) in [5.74, 6) is 2.90. The molecule has 6 fully saturated rings. The van der Waals surface area contributed by atoms with Gasteiger partial charge in [0.15, 0.2) is 0 Å². The number of nitrogens with zero attached hydrogens (tertiary/aromatic N) is 1. The van der Waals surface area contributed by atoms with Crippen molar-refractivity contribution in [1.29, 1.82) is 0 Å². The first-order chi connectivity index (χ1) is 19.9. The number of hydrogen-bond acceptors (Lipinski definition) is 4. The predicted molar refractivity (Wildman–Crippen MR) is 162 cm³/mol. The number of likely N-dealkylation sites (tertiary alicyclic amines) is 1. The van der Waals surface area contributed by atoms with Crippen LogP contribution in [0.5, 0.6) is 0 Å². The van der Waals surface area contributed by atoms with E-state index in [2.05, 4.69) is 46.9 Å².